The average molecular weight is 163 g/mol. The van der Waals surface area contributed by atoms with Crippen molar-refractivity contribution in [1.82, 2.24) is 10.4 Å². The summed E-state index contributed by atoms with van der Waals surface area (Å²) in [6.45, 7) is 0. The van der Waals surface area contributed by atoms with E-state index in [1.807, 2.05) is 0 Å². The van der Waals surface area contributed by atoms with Gasteiger partial charge >= 0.3 is 0 Å². The molecule has 0 aromatic rings. The minimum atomic E-state index is -1.12. The van der Waals surface area contributed by atoms with Gasteiger partial charge in [-0.1, -0.05) is 11.6 Å². The first kappa shape index (κ1) is 7.37. The van der Waals surface area contributed by atoms with E-state index in [4.69, 9.17) is 16.7 Å². The summed E-state index contributed by atoms with van der Waals surface area (Å²) in [7, 11) is 1.59. The lowest BCUT2D eigenvalue weighted by Gasteiger charge is -2.24. The van der Waals surface area contributed by atoms with Gasteiger partial charge in [0.25, 0.3) is 5.91 Å². The Morgan fingerprint density at radius 1 is 1.90 bits per heavy atom. The van der Waals surface area contributed by atoms with Crippen molar-refractivity contribution >= 4 is 17.5 Å². The van der Waals surface area contributed by atoms with Crippen molar-refractivity contribution in [3.63, 3.8) is 0 Å². The summed E-state index contributed by atoms with van der Waals surface area (Å²) in [6, 6.07) is 0. The number of aliphatic hydroxyl groups excluding tert-OH is 1. The number of halogens is 1. The predicted octanol–water partition coefficient (Wildman–Crippen LogP) is -0.596. The van der Waals surface area contributed by atoms with Crippen LogP contribution in [0.3, 0.4) is 0 Å². The summed E-state index contributed by atoms with van der Waals surface area (Å²) in [4.78, 5) is 10.6. The van der Waals surface area contributed by atoms with Crippen LogP contribution in [-0.2, 0) is 4.79 Å². The van der Waals surface area contributed by atoms with E-state index in [1.54, 1.807) is 7.05 Å². The molecule has 0 aromatic carbocycles. The zero-order chi connectivity index (χ0) is 7.72. The molecule has 1 aliphatic heterocycles. The highest BCUT2D eigenvalue weighted by molar-refractivity contribution is 6.29. The van der Waals surface area contributed by atoms with Crippen LogP contribution < -0.4 is 5.43 Å². The lowest BCUT2D eigenvalue weighted by atomic mass is 10.3. The number of carbonyl (C=O) groups is 1. The van der Waals surface area contributed by atoms with Gasteiger partial charge in [0.15, 0.2) is 6.10 Å². The maximum absolute atomic E-state index is 10.6. The number of hydrogen-bond acceptors (Lipinski definition) is 3. The molecule has 1 atom stereocenters. The first-order chi connectivity index (χ1) is 4.61. The molecule has 1 rings (SSSR count). The van der Waals surface area contributed by atoms with Crippen LogP contribution in [0, 0.1) is 0 Å². The highest BCUT2D eigenvalue weighted by Gasteiger charge is 2.20. The summed E-state index contributed by atoms with van der Waals surface area (Å²) < 4.78 is 0. The lowest BCUT2D eigenvalue weighted by Crippen LogP contribution is -2.46. The maximum atomic E-state index is 10.6. The Labute approximate surface area is 63.0 Å². The van der Waals surface area contributed by atoms with Crippen LogP contribution in [0.5, 0.6) is 0 Å². The van der Waals surface area contributed by atoms with E-state index in [1.165, 1.54) is 11.1 Å². The van der Waals surface area contributed by atoms with Crippen molar-refractivity contribution < 1.29 is 9.90 Å². The molecule has 1 amide bonds. The zero-order valence-electron chi connectivity index (χ0n) is 5.34. The van der Waals surface area contributed by atoms with Crippen molar-refractivity contribution in [1.29, 1.82) is 0 Å². The van der Waals surface area contributed by atoms with E-state index in [-0.39, 0.29) is 0 Å². The molecular weight excluding hydrogens is 156 g/mol. The maximum Gasteiger partial charge on any atom is 0.271 e. The molecule has 0 saturated heterocycles. The van der Waals surface area contributed by atoms with E-state index in [0.29, 0.717) is 5.16 Å². The minimum Gasteiger partial charge on any atom is -0.379 e. The van der Waals surface area contributed by atoms with Gasteiger partial charge in [0, 0.05) is 7.05 Å². The highest BCUT2D eigenvalue weighted by atomic mass is 35.5. The summed E-state index contributed by atoms with van der Waals surface area (Å²) in [5, 5.41) is 10.5. The number of carbonyl (C=O) groups excluding carboxylic acids is 1. The molecule has 0 saturated carbocycles. The number of nitrogens with one attached hydrogen (secondary N) is 1. The van der Waals surface area contributed by atoms with Crippen LogP contribution >= 0.6 is 11.6 Å². The second kappa shape index (κ2) is 2.48. The Morgan fingerprint density at radius 2 is 2.50 bits per heavy atom. The van der Waals surface area contributed by atoms with Crippen molar-refractivity contribution in [2.75, 3.05) is 7.05 Å². The number of hydrogen-bond donors (Lipinski definition) is 2. The molecule has 0 radical (unpaired) electrons. The molecule has 5 heteroatoms. The summed E-state index contributed by atoms with van der Waals surface area (Å²) in [5.41, 5.74) is 2.32. The molecule has 1 unspecified atom stereocenters. The number of aliphatic hydroxyl groups is 1. The third-order valence-electron chi connectivity index (χ3n) is 1.16. The van der Waals surface area contributed by atoms with Gasteiger partial charge in [-0.3, -0.25) is 15.2 Å². The van der Waals surface area contributed by atoms with Crippen molar-refractivity contribution in [3.8, 4) is 0 Å². The van der Waals surface area contributed by atoms with E-state index in [0.717, 1.165) is 0 Å². The van der Waals surface area contributed by atoms with Crippen LogP contribution in [-0.4, -0.2) is 29.2 Å². The Hall–Kier alpha value is -0.740. The van der Waals surface area contributed by atoms with Crippen LogP contribution in [0.25, 0.3) is 0 Å². The van der Waals surface area contributed by atoms with E-state index in [2.05, 4.69) is 5.43 Å². The topological polar surface area (TPSA) is 52.6 Å². The number of rotatable bonds is 0. The molecule has 1 aliphatic rings. The molecule has 0 spiro atoms. The second-order valence-electron chi connectivity index (χ2n) is 1.97. The Bertz CT molecular complexity index is 192. The zero-order valence-corrected chi connectivity index (χ0v) is 6.09. The molecular formula is C5H7ClN2O2. The fraction of sp³-hybridized carbons (Fsp3) is 0.400. The molecule has 1 heterocycles. The number of hydrazine groups is 1. The van der Waals surface area contributed by atoms with E-state index < -0.39 is 12.0 Å². The van der Waals surface area contributed by atoms with Gasteiger partial charge in [-0.25, -0.2) is 0 Å². The first-order valence-corrected chi connectivity index (χ1v) is 3.08. The summed E-state index contributed by atoms with van der Waals surface area (Å²) >= 11 is 5.54. The highest BCUT2D eigenvalue weighted by Crippen LogP contribution is 2.10. The van der Waals surface area contributed by atoms with Crippen LogP contribution in [0.4, 0.5) is 0 Å². The second-order valence-corrected chi connectivity index (χ2v) is 2.36. The molecule has 0 aromatic heterocycles. The quantitative estimate of drug-likeness (QED) is 0.468. The largest absolute Gasteiger partial charge is 0.379 e. The Balaban J connectivity index is 2.79. The van der Waals surface area contributed by atoms with Crippen molar-refractivity contribution in [3.05, 3.63) is 11.2 Å². The molecule has 0 bridgehead atoms. The average Bonchev–Trinajstić information content (AvgIpc) is 1.84. The predicted molar refractivity (Wildman–Crippen MR) is 35.8 cm³/mol. The van der Waals surface area contributed by atoms with Gasteiger partial charge in [0.05, 0.1) is 0 Å². The summed E-state index contributed by atoms with van der Waals surface area (Å²) in [6.07, 6.45) is 0.143. The van der Waals surface area contributed by atoms with Gasteiger partial charge in [-0.2, -0.15) is 0 Å². The monoisotopic (exact) mass is 162 g/mol. The van der Waals surface area contributed by atoms with Crippen LogP contribution in [0.1, 0.15) is 0 Å². The molecule has 56 valence electrons. The van der Waals surface area contributed by atoms with Gasteiger partial charge in [-0.15, -0.1) is 0 Å². The van der Waals surface area contributed by atoms with Gasteiger partial charge < -0.3 is 5.11 Å². The van der Waals surface area contributed by atoms with Crippen molar-refractivity contribution in [2.24, 2.45) is 0 Å². The molecule has 2 N–H and O–H groups in total. The third kappa shape index (κ3) is 1.22. The summed E-state index contributed by atoms with van der Waals surface area (Å²) in [5.74, 6) is -0.466. The molecule has 4 nitrogen and oxygen atoms in total. The van der Waals surface area contributed by atoms with E-state index >= 15 is 0 Å². The van der Waals surface area contributed by atoms with Gasteiger partial charge in [-0.05, 0) is 6.08 Å². The van der Waals surface area contributed by atoms with Gasteiger partial charge in [0.2, 0.25) is 0 Å². The molecule has 10 heavy (non-hydrogen) atoms. The molecule has 0 aliphatic carbocycles. The lowest BCUT2D eigenvalue weighted by molar-refractivity contribution is -0.131. The minimum absolute atomic E-state index is 0.312. The Morgan fingerprint density at radius 3 is 3.00 bits per heavy atom. The Kier molecular flexibility index (Phi) is 1.82. The number of nitrogens with zero attached hydrogens (tertiary/aromatic N) is 1. The normalized spacial score (nSPS) is 25.9. The van der Waals surface area contributed by atoms with Crippen LogP contribution in [0.15, 0.2) is 11.2 Å². The number of amides is 1. The van der Waals surface area contributed by atoms with Crippen LogP contribution in [0.2, 0.25) is 0 Å². The SMILES string of the molecule is CN1NC(=O)C(O)C=C1Cl. The fourth-order valence-electron chi connectivity index (χ4n) is 0.603. The standard InChI is InChI=1S/C5H7ClN2O2/c1-8-4(6)2-3(9)5(10)7-8/h2-3,9H,1H3,(H,7,10). The first-order valence-electron chi connectivity index (χ1n) is 2.71. The third-order valence-corrected chi connectivity index (χ3v) is 1.54. The smallest absolute Gasteiger partial charge is 0.271 e. The fourth-order valence-corrected chi connectivity index (χ4v) is 0.764. The van der Waals surface area contributed by atoms with Gasteiger partial charge in [0.1, 0.15) is 5.16 Å². The van der Waals surface area contributed by atoms with E-state index in [9.17, 15) is 4.79 Å². The molecule has 0 fully saturated rings. The van der Waals surface area contributed by atoms with Crippen molar-refractivity contribution in [2.45, 2.75) is 6.10 Å².